The van der Waals surface area contributed by atoms with Crippen molar-refractivity contribution in [2.24, 2.45) is 0 Å². The first-order chi connectivity index (χ1) is 11.9. The number of piperazine rings is 1. The number of nitrogens with zero attached hydrogens (tertiary/aromatic N) is 2. The number of benzene rings is 1. The zero-order valence-corrected chi connectivity index (χ0v) is 15.1. The fourth-order valence-corrected chi connectivity index (χ4v) is 2.81. The number of hydrogen-bond acceptors (Lipinski definition) is 4. The van der Waals surface area contributed by atoms with Crippen LogP contribution in [0.3, 0.4) is 0 Å². The van der Waals surface area contributed by atoms with Crippen LogP contribution in [-0.2, 0) is 14.4 Å². The van der Waals surface area contributed by atoms with Crippen molar-refractivity contribution in [1.82, 2.24) is 9.80 Å². The van der Waals surface area contributed by atoms with Crippen LogP contribution < -0.4 is 10.1 Å². The van der Waals surface area contributed by atoms with Gasteiger partial charge in [0, 0.05) is 51.0 Å². The standard InChI is InChI=1S/C17H22ClN3O4/c1-12(22)20-7-9-21(10-8-20)17(24)6-5-16(23)19-14-11-13(18)3-4-15(14)25-2/h3-4,11H,5-10H2,1-2H3,(H,19,23). The third-order valence-corrected chi connectivity index (χ3v) is 4.31. The summed E-state index contributed by atoms with van der Waals surface area (Å²) in [5, 5.41) is 3.19. The van der Waals surface area contributed by atoms with Crippen molar-refractivity contribution in [1.29, 1.82) is 0 Å². The Morgan fingerprint density at radius 1 is 1.12 bits per heavy atom. The first-order valence-corrected chi connectivity index (χ1v) is 8.45. The van der Waals surface area contributed by atoms with Crippen LogP contribution in [0.2, 0.25) is 5.02 Å². The molecule has 1 aromatic carbocycles. The van der Waals surface area contributed by atoms with E-state index < -0.39 is 0 Å². The minimum Gasteiger partial charge on any atom is -0.495 e. The molecule has 0 spiro atoms. The second kappa shape index (κ2) is 8.71. The lowest BCUT2D eigenvalue weighted by atomic mass is 10.2. The quantitative estimate of drug-likeness (QED) is 0.860. The van der Waals surface area contributed by atoms with Crippen molar-refractivity contribution in [3.8, 4) is 5.75 Å². The van der Waals surface area contributed by atoms with Gasteiger partial charge in [0.25, 0.3) is 0 Å². The maximum Gasteiger partial charge on any atom is 0.224 e. The SMILES string of the molecule is COc1ccc(Cl)cc1NC(=O)CCC(=O)N1CCN(C(C)=O)CC1. The summed E-state index contributed by atoms with van der Waals surface area (Å²) < 4.78 is 5.17. The number of methoxy groups -OCH3 is 1. The fraction of sp³-hybridized carbons (Fsp3) is 0.471. The fourth-order valence-electron chi connectivity index (χ4n) is 2.64. The van der Waals surface area contributed by atoms with E-state index in [0.717, 1.165) is 0 Å². The molecule has 0 saturated carbocycles. The Bertz CT molecular complexity index is 657. The van der Waals surface area contributed by atoms with Crippen LogP contribution in [0.25, 0.3) is 0 Å². The van der Waals surface area contributed by atoms with Crippen LogP contribution in [0.15, 0.2) is 18.2 Å². The van der Waals surface area contributed by atoms with E-state index >= 15 is 0 Å². The summed E-state index contributed by atoms with van der Waals surface area (Å²) >= 11 is 5.92. The van der Waals surface area contributed by atoms with Crippen molar-refractivity contribution in [3.05, 3.63) is 23.2 Å². The van der Waals surface area contributed by atoms with Crippen LogP contribution in [-0.4, -0.2) is 60.8 Å². The molecule has 0 unspecified atom stereocenters. The van der Waals surface area contributed by atoms with Gasteiger partial charge in [0.2, 0.25) is 17.7 Å². The van der Waals surface area contributed by atoms with Gasteiger partial charge < -0.3 is 19.9 Å². The molecule has 1 heterocycles. The van der Waals surface area contributed by atoms with Crippen molar-refractivity contribution in [2.45, 2.75) is 19.8 Å². The molecule has 136 valence electrons. The monoisotopic (exact) mass is 367 g/mol. The molecule has 0 radical (unpaired) electrons. The van der Waals surface area contributed by atoms with Crippen LogP contribution >= 0.6 is 11.6 Å². The van der Waals surface area contributed by atoms with E-state index in [9.17, 15) is 14.4 Å². The average Bonchev–Trinajstić information content (AvgIpc) is 2.60. The molecule has 1 fully saturated rings. The van der Waals surface area contributed by atoms with Gasteiger partial charge >= 0.3 is 0 Å². The molecule has 1 saturated heterocycles. The van der Waals surface area contributed by atoms with E-state index in [-0.39, 0.29) is 30.6 Å². The molecule has 1 aliphatic rings. The number of hydrogen-bond donors (Lipinski definition) is 1. The lowest BCUT2D eigenvalue weighted by Gasteiger charge is -2.34. The molecule has 7 nitrogen and oxygen atoms in total. The summed E-state index contributed by atoms with van der Waals surface area (Å²) in [4.78, 5) is 39.0. The number of carbonyl (C=O) groups excluding carboxylic acids is 3. The van der Waals surface area contributed by atoms with Gasteiger partial charge in [-0.25, -0.2) is 0 Å². The molecule has 1 aliphatic heterocycles. The minimum absolute atomic E-state index is 0.0157. The van der Waals surface area contributed by atoms with Crippen molar-refractivity contribution < 1.29 is 19.1 Å². The summed E-state index contributed by atoms with van der Waals surface area (Å²) in [6.45, 7) is 3.59. The number of ether oxygens (including phenoxy) is 1. The Morgan fingerprint density at radius 3 is 2.36 bits per heavy atom. The Labute approximate surface area is 151 Å². The zero-order valence-electron chi connectivity index (χ0n) is 14.4. The van der Waals surface area contributed by atoms with E-state index in [1.165, 1.54) is 14.0 Å². The van der Waals surface area contributed by atoms with E-state index in [0.29, 0.717) is 42.6 Å². The van der Waals surface area contributed by atoms with Gasteiger partial charge in [-0.05, 0) is 18.2 Å². The Kier molecular flexibility index (Phi) is 6.64. The lowest BCUT2D eigenvalue weighted by molar-refractivity contribution is -0.138. The van der Waals surface area contributed by atoms with E-state index in [1.54, 1.807) is 28.0 Å². The molecular formula is C17H22ClN3O4. The molecule has 3 amide bonds. The minimum atomic E-state index is -0.281. The molecule has 25 heavy (non-hydrogen) atoms. The summed E-state index contributed by atoms with van der Waals surface area (Å²) in [6, 6.07) is 4.93. The predicted molar refractivity (Wildman–Crippen MR) is 94.7 cm³/mol. The Morgan fingerprint density at radius 2 is 1.76 bits per heavy atom. The molecule has 0 aromatic heterocycles. The first-order valence-electron chi connectivity index (χ1n) is 8.07. The average molecular weight is 368 g/mol. The van der Waals surface area contributed by atoms with Crippen molar-refractivity contribution in [3.63, 3.8) is 0 Å². The highest BCUT2D eigenvalue weighted by Gasteiger charge is 2.22. The second-order valence-corrected chi connectivity index (χ2v) is 6.22. The molecule has 2 rings (SSSR count). The highest BCUT2D eigenvalue weighted by molar-refractivity contribution is 6.31. The Balaban J connectivity index is 1.81. The topological polar surface area (TPSA) is 79.0 Å². The maximum absolute atomic E-state index is 12.2. The van der Waals surface area contributed by atoms with Gasteiger partial charge in [-0.15, -0.1) is 0 Å². The highest BCUT2D eigenvalue weighted by atomic mass is 35.5. The molecule has 1 N–H and O–H groups in total. The van der Waals surface area contributed by atoms with E-state index in [4.69, 9.17) is 16.3 Å². The molecule has 0 atom stereocenters. The molecule has 1 aromatic rings. The third kappa shape index (κ3) is 5.35. The van der Waals surface area contributed by atoms with Gasteiger partial charge in [0.1, 0.15) is 5.75 Å². The van der Waals surface area contributed by atoms with Crippen molar-refractivity contribution in [2.75, 3.05) is 38.6 Å². The molecule has 0 aliphatic carbocycles. The number of halogens is 1. The van der Waals surface area contributed by atoms with E-state index in [1.807, 2.05) is 0 Å². The number of rotatable bonds is 5. The molecule has 0 bridgehead atoms. The molecule has 8 heteroatoms. The smallest absolute Gasteiger partial charge is 0.224 e. The van der Waals surface area contributed by atoms with Crippen LogP contribution in [0.4, 0.5) is 5.69 Å². The number of nitrogens with one attached hydrogen (secondary N) is 1. The van der Waals surface area contributed by atoms with Gasteiger partial charge in [-0.2, -0.15) is 0 Å². The van der Waals surface area contributed by atoms with E-state index in [2.05, 4.69) is 5.32 Å². The van der Waals surface area contributed by atoms with Gasteiger partial charge in [-0.3, -0.25) is 14.4 Å². The van der Waals surface area contributed by atoms with Crippen LogP contribution in [0, 0.1) is 0 Å². The predicted octanol–water partition coefficient (Wildman–Crippen LogP) is 1.76. The summed E-state index contributed by atoms with van der Waals surface area (Å²) in [5.74, 6) is 0.152. The molecular weight excluding hydrogens is 346 g/mol. The third-order valence-electron chi connectivity index (χ3n) is 4.08. The first kappa shape index (κ1) is 19.1. The lowest BCUT2D eigenvalue weighted by Crippen LogP contribution is -2.50. The van der Waals surface area contributed by atoms with Gasteiger partial charge in [0.15, 0.2) is 0 Å². The number of anilines is 1. The summed E-state index contributed by atoms with van der Waals surface area (Å²) in [7, 11) is 1.50. The Hall–Kier alpha value is -2.28. The van der Waals surface area contributed by atoms with Crippen LogP contribution in [0.1, 0.15) is 19.8 Å². The zero-order chi connectivity index (χ0) is 18.4. The van der Waals surface area contributed by atoms with Gasteiger partial charge in [0.05, 0.1) is 12.8 Å². The maximum atomic E-state index is 12.2. The largest absolute Gasteiger partial charge is 0.495 e. The van der Waals surface area contributed by atoms with Gasteiger partial charge in [-0.1, -0.05) is 11.6 Å². The normalized spacial score (nSPS) is 14.2. The highest BCUT2D eigenvalue weighted by Crippen LogP contribution is 2.27. The second-order valence-electron chi connectivity index (χ2n) is 5.78. The number of carbonyl (C=O) groups is 3. The number of amides is 3. The summed E-state index contributed by atoms with van der Waals surface area (Å²) in [6.07, 6.45) is 0.191. The summed E-state index contributed by atoms with van der Waals surface area (Å²) in [5.41, 5.74) is 0.475. The van der Waals surface area contributed by atoms with Crippen LogP contribution in [0.5, 0.6) is 5.75 Å². The van der Waals surface area contributed by atoms with Crippen molar-refractivity contribution >= 4 is 35.0 Å².